The number of carbonyl (C=O) groups is 2. The third-order valence-corrected chi connectivity index (χ3v) is 6.81. The van der Waals surface area contributed by atoms with Crippen LogP contribution in [0.3, 0.4) is 0 Å². The van der Waals surface area contributed by atoms with E-state index < -0.39 is 12.0 Å². The average Bonchev–Trinajstić information content (AvgIpc) is 3.31. The molecule has 2 aliphatic heterocycles. The van der Waals surface area contributed by atoms with Gasteiger partial charge < -0.3 is 24.4 Å². The molecule has 0 aromatic heterocycles. The van der Waals surface area contributed by atoms with Crippen LogP contribution >= 0.6 is 11.8 Å². The number of carbonyl (C=O) groups excluding carboxylic acids is 2. The van der Waals surface area contributed by atoms with Crippen molar-refractivity contribution in [1.82, 2.24) is 10.2 Å². The number of nitrogens with one attached hydrogen (secondary N) is 1. The van der Waals surface area contributed by atoms with Gasteiger partial charge in [-0.2, -0.15) is 0 Å². The van der Waals surface area contributed by atoms with Gasteiger partial charge in [-0.15, -0.1) is 0 Å². The fourth-order valence-corrected chi connectivity index (χ4v) is 5.13. The lowest BCUT2D eigenvalue weighted by molar-refractivity contribution is -0.138. The molecular weight excluding hydrogens is 490 g/mol. The Hall–Kier alpha value is -3.98. The van der Waals surface area contributed by atoms with E-state index in [0.717, 1.165) is 16.8 Å². The number of allylic oxidation sites excluding steroid dienone is 1. The first-order valence-electron chi connectivity index (χ1n) is 11.7. The maximum absolute atomic E-state index is 13.2. The molecule has 1 N–H and O–H groups in total. The van der Waals surface area contributed by atoms with Crippen LogP contribution in [-0.4, -0.2) is 42.8 Å². The maximum Gasteiger partial charge on any atom is 0.338 e. The maximum atomic E-state index is 13.2. The van der Waals surface area contributed by atoms with Gasteiger partial charge in [0.25, 0.3) is 0 Å². The fourth-order valence-electron chi connectivity index (χ4n) is 4.17. The third kappa shape index (κ3) is 5.89. The number of thioether (sulfide) groups is 1. The van der Waals surface area contributed by atoms with Gasteiger partial charge in [0, 0.05) is 18.3 Å². The number of amidine groups is 1. The summed E-state index contributed by atoms with van der Waals surface area (Å²) in [6.07, 6.45) is 1.63. The largest absolute Gasteiger partial charge is 0.497 e. The van der Waals surface area contributed by atoms with E-state index >= 15 is 0 Å². The Bertz CT molecular complexity index is 1260. The lowest BCUT2D eigenvalue weighted by atomic mass is 9.93. The van der Waals surface area contributed by atoms with Crippen LogP contribution < -0.4 is 14.8 Å². The molecular formula is C28H29N3O5S. The molecule has 2 heterocycles. The standard InChI is InChI=1S/C28H29N3O5S/c1-5-11-36-27(33)25-18(2)30-28-31(26(25)20-12-22(34-3)15-23(13-20)35-4)21(17-37-28)14-24(32)29-16-19-9-7-6-8-10-19/h5-10,12-13,15,17,26H,1,11,14,16H2,2-4H3,(H,29,32). The summed E-state index contributed by atoms with van der Waals surface area (Å²) in [7, 11) is 3.14. The van der Waals surface area contributed by atoms with Gasteiger partial charge in [-0.25, -0.2) is 9.79 Å². The molecule has 0 aliphatic carbocycles. The topological polar surface area (TPSA) is 89.5 Å². The zero-order valence-electron chi connectivity index (χ0n) is 21.0. The molecule has 1 atom stereocenters. The minimum Gasteiger partial charge on any atom is -0.497 e. The molecule has 0 fully saturated rings. The van der Waals surface area contributed by atoms with Crippen molar-refractivity contribution in [2.24, 2.45) is 4.99 Å². The SMILES string of the molecule is C=CCOC(=O)C1=C(C)N=C2SC=C(CC(=O)NCc3ccccc3)N2C1c1cc(OC)cc(OC)c1. The van der Waals surface area contributed by atoms with E-state index in [1.54, 1.807) is 27.2 Å². The Morgan fingerprint density at radius 3 is 2.49 bits per heavy atom. The van der Waals surface area contributed by atoms with Crippen molar-refractivity contribution in [3.05, 3.63) is 94.7 Å². The first kappa shape index (κ1) is 26.1. The number of methoxy groups -OCH3 is 2. The third-order valence-electron chi connectivity index (χ3n) is 5.92. The second-order valence-corrected chi connectivity index (χ2v) is 9.20. The van der Waals surface area contributed by atoms with Gasteiger partial charge in [-0.3, -0.25) is 4.79 Å². The molecule has 37 heavy (non-hydrogen) atoms. The van der Waals surface area contributed by atoms with Crippen molar-refractivity contribution in [2.75, 3.05) is 20.8 Å². The molecule has 2 aromatic rings. The Kier molecular flexibility index (Phi) is 8.35. The first-order chi connectivity index (χ1) is 17.9. The number of amides is 1. The van der Waals surface area contributed by atoms with E-state index in [0.29, 0.717) is 34.5 Å². The van der Waals surface area contributed by atoms with Gasteiger partial charge >= 0.3 is 5.97 Å². The van der Waals surface area contributed by atoms with Crippen molar-refractivity contribution in [3.8, 4) is 11.5 Å². The van der Waals surface area contributed by atoms with Crippen LogP contribution in [0.2, 0.25) is 0 Å². The lowest BCUT2D eigenvalue weighted by Crippen LogP contribution is -2.38. The summed E-state index contributed by atoms with van der Waals surface area (Å²) in [6.45, 7) is 5.91. The highest BCUT2D eigenvalue weighted by molar-refractivity contribution is 8.16. The summed E-state index contributed by atoms with van der Waals surface area (Å²) >= 11 is 1.41. The number of esters is 1. The Labute approximate surface area is 220 Å². The molecule has 1 unspecified atom stereocenters. The predicted octanol–water partition coefficient (Wildman–Crippen LogP) is 4.71. The van der Waals surface area contributed by atoms with Gasteiger partial charge in [0.1, 0.15) is 18.1 Å². The predicted molar refractivity (Wildman–Crippen MR) is 144 cm³/mol. The normalized spacial score (nSPS) is 16.4. The average molecular weight is 520 g/mol. The molecule has 0 saturated carbocycles. The Morgan fingerprint density at radius 2 is 1.84 bits per heavy atom. The zero-order valence-corrected chi connectivity index (χ0v) is 21.8. The summed E-state index contributed by atoms with van der Waals surface area (Å²) in [5.74, 6) is 0.512. The van der Waals surface area contributed by atoms with Crippen LogP contribution in [0.5, 0.6) is 11.5 Å². The number of aliphatic imine (C=N–C) groups is 1. The second-order valence-electron chi connectivity index (χ2n) is 8.37. The van der Waals surface area contributed by atoms with Crippen molar-refractivity contribution >= 4 is 28.8 Å². The molecule has 2 aromatic carbocycles. The molecule has 8 nitrogen and oxygen atoms in total. The van der Waals surface area contributed by atoms with Gasteiger partial charge in [0.05, 0.1) is 38.0 Å². The van der Waals surface area contributed by atoms with Crippen LogP contribution in [0.1, 0.15) is 30.5 Å². The van der Waals surface area contributed by atoms with Gasteiger partial charge in [-0.1, -0.05) is 54.7 Å². The summed E-state index contributed by atoms with van der Waals surface area (Å²) in [5.41, 5.74) is 3.40. The van der Waals surface area contributed by atoms with Crippen molar-refractivity contribution in [2.45, 2.75) is 25.9 Å². The van der Waals surface area contributed by atoms with Crippen LogP contribution in [0.15, 0.2) is 88.6 Å². The highest BCUT2D eigenvalue weighted by Crippen LogP contribution is 2.46. The molecule has 0 spiro atoms. The summed E-state index contributed by atoms with van der Waals surface area (Å²) < 4.78 is 16.4. The van der Waals surface area contributed by atoms with E-state index in [1.807, 2.05) is 52.8 Å². The van der Waals surface area contributed by atoms with Crippen LogP contribution in [-0.2, 0) is 20.9 Å². The number of fused-ring (bicyclic) bond motifs is 1. The number of rotatable bonds is 10. The highest BCUT2D eigenvalue weighted by Gasteiger charge is 2.41. The second kappa shape index (κ2) is 11.8. The summed E-state index contributed by atoms with van der Waals surface area (Å²) in [5, 5.41) is 5.55. The molecule has 0 saturated heterocycles. The van der Waals surface area contributed by atoms with E-state index in [2.05, 4.69) is 16.9 Å². The first-order valence-corrected chi connectivity index (χ1v) is 12.6. The smallest absolute Gasteiger partial charge is 0.338 e. The van der Waals surface area contributed by atoms with E-state index in [-0.39, 0.29) is 18.9 Å². The molecule has 9 heteroatoms. The number of benzene rings is 2. The molecule has 0 bridgehead atoms. The van der Waals surface area contributed by atoms with Gasteiger partial charge in [-0.05, 0) is 35.6 Å². The monoisotopic (exact) mass is 519 g/mol. The number of nitrogens with zero attached hydrogens (tertiary/aromatic N) is 2. The molecule has 192 valence electrons. The number of ether oxygens (including phenoxy) is 3. The lowest BCUT2D eigenvalue weighted by Gasteiger charge is -2.36. The Morgan fingerprint density at radius 1 is 1.14 bits per heavy atom. The van der Waals surface area contributed by atoms with Crippen LogP contribution in [0, 0.1) is 0 Å². The van der Waals surface area contributed by atoms with Crippen molar-refractivity contribution in [3.63, 3.8) is 0 Å². The van der Waals surface area contributed by atoms with E-state index in [4.69, 9.17) is 14.2 Å². The summed E-state index contributed by atoms with van der Waals surface area (Å²) in [4.78, 5) is 32.8. The highest BCUT2D eigenvalue weighted by atomic mass is 32.2. The van der Waals surface area contributed by atoms with E-state index in [1.165, 1.54) is 17.8 Å². The number of hydrogen-bond donors (Lipinski definition) is 1. The minimum atomic E-state index is -0.600. The Balaban J connectivity index is 1.68. The zero-order chi connectivity index (χ0) is 26.4. The number of hydrogen-bond acceptors (Lipinski definition) is 8. The molecule has 4 rings (SSSR count). The molecule has 0 radical (unpaired) electrons. The summed E-state index contributed by atoms with van der Waals surface area (Å²) in [6, 6.07) is 14.6. The minimum absolute atomic E-state index is 0.0691. The van der Waals surface area contributed by atoms with Crippen molar-refractivity contribution < 1.29 is 23.8 Å². The van der Waals surface area contributed by atoms with Crippen molar-refractivity contribution in [1.29, 1.82) is 0 Å². The fraction of sp³-hybridized carbons (Fsp3) is 0.250. The van der Waals surface area contributed by atoms with E-state index in [9.17, 15) is 9.59 Å². The quantitative estimate of drug-likeness (QED) is 0.359. The molecule has 1 amide bonds. The van der Waals surface area contributed by atoms with Crippen LogP contribution in [0.25, 0.3) is 0 Å². The van der Waals surface area contributed by atoms with Gasteiger partial charge in [0.15, 0.2) is 5.17 Å². The molecule has 2 aliphatic rings. The van der Waals surface area contributed by atoms with Gasteiger partial charge in [0.2, 0.25) is 5.91 Å². The van der Waals surface area contributed by atoms with Crippen LogP contribution in [0.4, 0.5) is 0 Å².